The third-order valence-electron chi connectivity index (χ3n) is 3.89. The van der Waals surface area contributed by atoms with Crippen molar-refractivity contribution in [1.82, 2.24) is 5.32 Å². The van der Waals surface area contributed by atoms with Crippen LogP contribution in [0, 0.1) is 17.3 Å². The number of hydrogen-bond donors (Lipinski definition) is 1. The molecule has 1 fully saturated rings. The molecule has 84 valence electrons. The van der Waals surface area contributed by atoms with E-state index >= 15 is 0 Å². The van der Waals surface area contributed by atoms with Crippen LogP contribution in [0.4, 0.5) is 0 Å². The minimum Gasteiger partial charge on any atom is -0.314 e. The summed E-state index contributed by atoms with van der Waals surface area (Å²) >= 11 is 0. The Morgan fingerprint density at radius 1 is 1.36 bits per heavy atom. The highest BCUT2D eigenvalue weighted by atomic mass is 14.9. The first kappa shape index (κ1) is 12.0. The van der Waals surface area contributed by atoms with Crippen molar-refractivity contribution in [2.45, 2.75) is 59.9 Å². The maximum absolute atomic E-state index is 3.67. The maximum atomic E-state index is 3.67. The molecule has 0 bridgehead atoms. The van der Waals surface area contributed by atoms with E-state index in [2.05, 4.69) is 39.9 Å². The molecular formula is C13H27N. The van der Waals surface area contributed by atoms with Crippen LogP contribution in [0.3, 0.4) is 0 Å². The van der Waals surface area contributed by atoms with E-state index in [0.29, 0.717) is 5.41 Å². The van der Waals surface area contributed by atoms with Gasteiger partial charge >= 0.3 is 0 Å². The fourth-order valence-electron chi connectivity index (χ4n) is 2.45. The highest BCUT2D eigenvalue weighted by Gasteiger charge is 2.49. The Labute approximate surface area is 89.7 Å². The van der Waals surface area contributed by atoms with E-state index in [0.717, 1.165) is 24.4 Å². The summed E-state index contributed by atoms with van der Waals surface area (Å²) in [5.41, 5.74) is 0.611. The summed E-state index contributed by atoms with van der Waals surface area (Å²) in [5.74, 6) is 1.80. The lowest BCUT2D eigenvalue weighted by Gasteiger charge is -2.22. The molecule has 0 amide bonds. The summed E-state index contributed by atoms with van der Waals surface area (Å²) < 4.78 is 0. The standard InChI is InChI=1S/C13H27N/c1-6-10(3)8-12(14-7-2)11-9-13(11,4)5/h10-12,14H,6-9H2,1-5H3. The predicted molar refractivity (Wildman–Crippen MR) is 63.4 cm³/mol. The van der Waals surface area contributed by atoms with Crippen molar-refractivity contribution in [2.75, 3.05) is 6.54 Å². The van der Waals surface area contributed by atoms with Gasteiger partial charge in [0.25, 0.3) is 0 Å². The van der Waals surface area contributed by atoms with Gasteiger partial charge < -0.3 is 5.32 Å². The summed E-state index contributed by atoms with van der Waals surface area (Å²) in [4.78, 5) is 0. The van der Waals surface area contributed by atoms with Crippen molar-refractivity contribution < 1.29 is 0 Å². The highest BCUT2D eigenvalue weighted by Crippen LogP contribution is 2.54. The quantitative estimate of drug-likeness (QED) is 0.688. The Morgan fingerprint density at radius 3 is 2.29 bits per heavy atom. The fraction of sp³-hybridized carbons (Fsp3) is 1.00. The van der Waals surface area contributed by atoms with Gasteiger partial charge in [0.2, 0.25) is 0 Å². The van der Waals surface area contributed by atoms with Crippen molar-refractivity contribution >= 4 is 0 Å². The van der Waals surface area contributed by atoms with Crippen LogP contribution in [0.25, 0.3) is 0 Å². The van der Waals surface area contributed by atoms with Gasteiger partial charge in [0.05, 0.1) is 0 Å². The Morgan fingerprint density at radius 2 is 1.93 bits per heavy atom. The van der Waals surface area contributed by atoms with E-state index in [-0.39, 0.29) is 0 Å². The predicted octanol–water partition coefficient (Wildman–Crippen LogP) is 3.45. The van der Waals surface area contributed by atoms with Crippen molar-refractivity contribution in [3.8, 4) is 0 Å². The van der Waals surface area contributed by atoms with Gasteiger partial charge in [-0.2, -0.15) is 0 Å². The number of hydrogen-bond acceptors (Lipinski definition) is 1. The summed E-state index contributed by atoms with van der Waals surface area (Å²) in [6.07, 6.45) is 4.09. The zero-order valence-electron chi connectivity index (χ0n) is 10.6. The molecular weight excluding hydrogens is 170 g/mol. The molecule has 1 rings (SSSR count). The van der Waals surface area contributed by atoms with E-state index in [1.54, 1.807) is 0 Å². The van der Waals surface area contributed by atoms with Crippen molar-refractivity contribution in [3.63, 3.8) is 0 Å². The number of rotatable bonds is 6. The first-order chi connectivity index (χ1) is 6.51. The van der Waals surface area contributed by atoms with Crippen molar-refractivity contribution in [1.29, 1.82) is 0 Å². The maximum Gasteiger partial charge on any atom is 0.0103 e. The van der Waals surface area contributed by atoms with E-state index < -0.39 is 0 Å². The molecule has 3 unspecified atom stereocenters. The molecule has 1 heteroatoms. The smallest absolute Gasteiger partial charge is 0.0103 e. The van der Waals surface area contributed by atoms with Gasteiger partial charge in [-0.05, 0) is 36.6 Å². The molecule has 0 saturated heterocycles. The van der Waals surface area contributed by atoms with Gasteiger partial charge in [-0.1, -0.05) is 41.0 Å². The van der Waals surface area contributed by atoms with Crippen LogP contribution < -0.4 is 5.32 Å². The second-order valence-corrected chi connectivity index (χ2v) is 5.71. The van der Waals surface area contributed by atoms with Crippen molar-refractivity contribution in [2.24, 2.45) is 17.3 Å². The molecule has 14 heavy (non-hydrogen) atoms. The van der Waals surface area contributed by atoms with Crippen LogP contribution in [0.1, 0.15) is 53.9 Å². The first-order valence-electron chi connectivity index (χ1n) is 6.24. The summed E-state index contributed by atoms with van der Waals surface area (Å²) in [6.45, 7) is 12.8. The third kappa shape index (κ3) is 2.98. The minimum absolute atomic E-state index is 0.611. The normalized spacial score (nSPS) is 28.5. The van der Waals surface area contributed by atoms with Gasteiger partial charge in [0.1, 0.15) is 0 Å². The molecule has 0 aromatic rings. The summed E-state index contributed by atoms with van der Waals surface area (Å²) in [7, 11) is 0. The van der Waals surface area contributed by atoms with Gasteiger partial charge in [-0.25, -0.2) is 0 Å². The first-order valence-corrected chi connectivity index (χ1v) is 6.24. The third-order valence-corrected chi connectivity index (χ3v) is 3.89. The van der Waals surface area contributed by atoms with Crippen LogP contribution in [0.5, 0.6) is 0 Å². The molecule has 1 aliphatic rings. The van der Waals surface area contributed by atoms with E-state index in [9.17, 15) is 0 Å². The van der Waals surface area contributed by atoms with Crippen molar-refractivity contribution in [3.05, 3.63) is 0 Å². The SMILES string of the molecule is CCNC(CC(C)CC)C1CC1(C)C. The molecule has 0 radical (unpaired) electrons. The molecule has 1 aliphatic carbocycles. The van der Waals surface area contributed by atoms with E-state index in [1.807, 2.05) is 0 Å². The summed E-state index contributed by atoms with van der Waals surface area (Å²) in [5, 5.41) is 3.67. The van der Waals surface area contributed by atoms with Crippen LogP contribution in [-0.4, -0.2) is 12.6 Å². The van der Waals surface area contributed by atoms with Crippen LogP contribution in [-0.2, 0) is 0 Å². The van der Waals surface area contributed by atoms with E-state index in [4.69, 9.17) is 0 Å². The number of nitrogens with one attached hydrogen (secondary N) is 1. The average Bonchev–Trinajstić information content (AvgIpc) is 2.74. The largest absolute Gasteiger partial charge is 0.314 e. The monoisotopic (exact) mass is 197 g/mol. The zero-order valence-corrected chi connectivity index (χ0v) is 10.6. The Balaban J connectivity index is 2.40. The van der Waals surface area contributed by atoms with Gasteiger partial charge in [0.15, 0.2) is 0 Å². The molecule has 0 heterocycles. The Hall–Kier alpha value is -0.0400. The molecule has 1 N–H and O–H groups in total. The average molecular weight is 197 g/mol. The molecule has 1 nitrogen and oxygen atoms in total. The van der Waals surface area contributed by atoms with E-state index in [1.165, 1.54) is 19.3 Å². The molecule has 0 aromatic heterocycles. The van der Waals surface area contributed by atoms with Gasteiger partial charge in [0, 0.05) is 6.04 Å². The minimum atomic E-state index is 0.611. The lowest BCUT2D eigenvalue weighted by molar-refractivity contribution is 0.338. The van der Waals surface area contributed by atoms with Gasteiger partial charge in [-0.3, -0.25) is 0 Å². The molecule has 0 aliphatic heterocycles. The molecule has 0 aromatic carbocycles. The Bertz CT molecular complexity index is 174. The van der Waals surface area contributed by atoms with Crippen LogP contribution in [0.15, 0.2) is 0 Å². The molecule has 3 atom stereocenters. The fourth-order valence-corrected chi connectivity index (χ4v) is 2.45. The van der Waals surface area contributed by atoms with Gasteiger partial charge in [-0.15, -0.1) is 0 Å². The lowest BCUT2D eigenvalue weighted by Crippen LogP contribution is -2.33. The van der Waals surface area contributed by atoms with Crippen LogP contribution >= 0.6 is 0 Å². The molecule has 0 spiro atoms. The topological polar surface area (TPSA) is 12.0 Å². The zero-order chi connectivity index (χ0) is 10.8. The van der Waals surface area contributed by atoms with Crippen LogP contribution in [0.2, 0.25) is 0 Å². The summed E-state index contributed by atoms with van der Waals surface area (Å²) in [6, 6.07) is 0.768. The molecule has 1 saturated carbocycles. The second-order valence-electron chi connectivity index (χ2n) is 5.71. The Kier molecular flexibility index (Phi) is 4.00. The second kappa shape index (κ2) is 4.65. The lowest BCUT2D eigenvalue weighted by atomic mass is 9.93. The highest BCUT2D eigenvalue weighted by molar-refractivity contribution is 5.01.